The summed E-state index contributed by atoms with van der Waals surface area (Å²) < 4.78 is 23.0. The fraction of sp³-hybridized carbons (Fsp3) is 0.368. The normalized spacial score (nSPS) is 14.3. The Kier molecular flexibility index (Phi) is 7.29. The molecule has 0 amide bonds. The lowest BCUT2D eigenvalue weighted by molar-refractivity contribution is 0.188. The SMILES string of the molecule is COCCn1c(NS(=O)[C@@H](C)C(C)c2ncc(Cl)cn2)nnc1-c1ccccc1. The molecule has 3 aromatic rings. The number of anilines is 1. The average molecular weight is 435 g/mol. The van der Waals surface area contributed by atoms with Crippen LogP contribution in [0.1, 0.15) is 25.6 Å². The smallest absolute Gasteiger partial charge is 0.236 e. The molecule has 10 heteroatoms. The maximum Gasteiger partial charge on any atom is 0.236 e. The van der Waals surface area contributed by atoms with Crippen molar-refractivity contribution >= 4 is 28.5 Å². The molecule has 2 heterocycles. The molecule has 0 saturated carbocycles. The lowest BCUT2D eigenvalue weighted by atomic mass is 10.1. The van der Waals surface area contributed by atoms with Gasteiger partial charge in [-0.05, 0) is 6.92 Å². The lowest BCUT2D eigenvalue weighted by Gasteiger charge is -2.19. The largest absolute Gasteiger partial charge is 0.383 e. The molecule has 3 rings (SSSR count). The van der Waals surface area contributed by atoms with Gasteiger partial charge in [0.25, 0.3) is 0 Å². The van der Waals surface area contributed by atoms with Crippen molar-refractivity contribution in [2.24, 2.45) is 0 Å². The van der Waals surface area contributed by atoms with E-state index in [-0.39, 0.29) is 11.2 Å². The summed E-state index contributed by atoms with van der Waals surface area (Å²) in [6.45, 7) is 4.81. The van der Waals surface area contributed by atoms with E-state index in [1.54, 1.807) is 7.11 Å². The minimum atomic E-state index is -1.44. The highest BCUT2D eigenvalue weighted by Crippen LogP contribution is 2.24. The number of ether oxygens (including phenoxy) is 1. The molecule has 1 aromatic carbocycles. The first kappa shape index (κ1) is 21.4. The Hall–Kier alpha value is -2.36. The van der Waals surface area contributed by atoms with Crippen LogP contribution >= 0.6 is 11.6 Å². The molecule has 0 radical (unpaired) electrons. The minimum Gasteiger partial charge on any atom is -0.383 e. The fourth-order valence-corrected chi connectivity index (χ4v) is 3.82. The van der Waals surface area contributed by atoms with Crippen LogP contribution in [-0.4, -0.2) is 47.9 Å². The van der Waals surface area contributed by atoms with Gasteiger partial charge in [0.15, 0.2) is 5.82 Å². The number of hydrogen-bond acceptors (Lipinski definition) is 6. The molecule has 0 saturated heterocycles. The Balaban J connectivity index is 1.80. The number of benzene rings is 1. The Morgan fingerprint density at radius 1 is 1.17 bits per heavy atom. The molecule has 1 N–H and O–H groups in total. The predicted molar refractivity (Wildman–Crippen MR) is 114 cm³/mol. The van der Waals surface area contributed by atoms with Gasteiger partial charge in [0.1, 0.15) is 16.8 Å². The van der Waals surface area contributed by atoms with Crippen molar-refractivity contribution < 1.29 is 8.95 Å². The van der Waals surface area contributed by atoms with Crippen LogP contribution in [0.25, 0.3) is 11.4 Å². The van der Waals surface area contributed by atoms with Crippen LogP contribution in [0.3, 0.4) is 0 Å². The molecular formula is C19H23ClN6O2S. The standard InChI is InChI=1S/C19H23ClN6O2S/c1-13(17-21-11-16(20)12-22-17)14(2)29(27)25-19-24-23-18(26(19)9-10-28-3)15-7-5-4-6-8-15/h4-8,11-14H,9-10H2,1-3H3,(H,24,25)/t13?,14-,29?/m0/s1. The van der Waals surface area contributed by atoms with E-state index in [0.717, 1.165) is 5.56 Å². The number of halogens is 1. The average Bonchev–Trinajstić information content (AvgIpc) is 3.14. The van der Waals surface area contributed by atoms with Crippen molar-refractivity contribution in [3.05, 3.63) is 53.6 Å². The highest BCUT2D eigenvalue weighted by molar-refractivity contribution is 7.87. The molecule has 0 bridgehead atoms. The van der Waals surface area contributed by atoms with Gasteiger partial charge in [-0.2, -0.15) is 0 Å². The second kappa shape index (κ2) is 9.91. The van der Waals surface area contributed by atoms with Crippen molar-refractivity contribution in [1.29, 1.82) is 0 Å². The summed E-state index contributed by atoms with van der Waals surface area (Å²) in [6, 6.07) is 9.72. The fourth-order valence-electron chi connectivity index (χ4n) is 2.71. The first-order chi connectivity index (χ1) is 14.0. The van der Waals surface area contributed by atoms with Crippen LogP contribution in [0.2, 0.25) is 5.02 Å². The molecule has 0 aliphatic carbocycles. The van der Waals surface area contributed by atoms with Gasteiger partial charge >= 0.3 is 0 Å². The van der Waals surface area contributed by atoms with Gasteiger partial charge in [-0.25, -0.2) is 14.2 Å². The summed E-state index contributed by atoms with van der Waals surface area (Å²) in [5.74, 6) is 1.55. The van der Waals surface area contributed by atoms with Crippen molar-refractivity contribution in [1.82, 2.24) is 24.7 Å². The summed E-state index contributed by atoms with van der Waals surface area (Å²) in [7, 11) is 0.195. The Bertz CT molecular complexity index is 951. The van der Waals surface area contributed by atoms with Gasteiger partial charge in [-0.15, -0.1) is 10.2 Å². The van der Waals surface area contributed by atoms with Crippen molar-refractivity contribution in [3.8, 4) is 11.4 Å². The maximum atomic E-state index is 13.0. The van der Waals surface area contributed by atoms with E-state index in [4.69, 9.17) is 16.3 Å². The Morgan fingerprint density at radius 3 is 2.52 bits per heavy atom. The monoisotopic (exact) mass is 434 g/mol. The summed E-state index contributed by atoms with van der Waals surface area (Å²) in [4.78, 5) is 8.47. The van der Waals surface area contributed by atoms with Crippen LogP contribution in [0.5, 0.6) is 0 Å². The van der Waals surface area contributed by atoms with E-state index in [1.807, 2.05) is 48.7 Å². The number of nitrogens with zero attached hydrogens (tertiary/aromatic N) is 5. The van der Waals surface area contributed by atoms with Gasteiger partial charge in [0.2, 0.25) is 5.95 Å². The van der Waals surface area contributed by atoms with Crippen molar-refractivity contribution in [3.63, 3.8) is 0 Å². The molecule has 0 aliphatic rings. The summed E-state index contributed by atoms with van der Waals surface area (Å²) in [5.41, 5.74) is 0.922. The predicted octanol–water partition coefficient (Wildman–Crippen LogP) is 3.30. The molecule has 2 aromatic heterocycles. The van der Waals surface area contributed by atoms with E-state index < -0.39 is 11.0 Å². The summed E-state index contributed by atoms with van der Waals surface area (Å²) in [5, 5.41) is 8.69. The quantitative estimate of drug-likeness (QED) is 0.555. The molecular weight excluding hydrogens is 412 g/mol. The molecule has 3 atom stereocenters. The Morgan fingerprint density at radius 2 is 1.86 bits per heavy atom. The topological polar surface area (TPSA) is 94.8 Å². The van der Waals surface area contributed by atoms with Gasteiger partial charge in [0.05, 0.1) is 23.4 Å². The van der Waals surface area contributed by atoms with E-state index >= 15 is 0 Å². The van der Waals surface area contributed by atoms with Crippen LogP contribution in [0, 0.1) is 0 Å². The van der Waals surface area contributed by atoms with Crippen molar-refractivity contribution in [2.45, 2.75) is 31.6 Å². The van der Waals surface area contributed by atoms with E-state index in [9.17, 15) is 4.21 Å². The number of hydrogen-bond donors (Lipinski definition) is 1. The third-order valence-corrected chi connectivity index (χ3v) is 6.25. The van der Waals surface area contributed by atoms with E-state index in [0.29, 0.717) is 35.8 Å². The highest BCUT2D eigenvalue weighted by atomic mass is 35.5. The highest BCUT2D eigenvalue weighted by Gasteiger charge is 2.25. The molecule has 0 spiro atoms. The van der Waals surface area contributed by atoms with Gasteiger partial charge in [0, 0.05) is 31.0 Å². The molecule has 0 aliphatic heterocycles. The van der Waals surface area contributed by atoms with Gasteiger partial charge in [-0.3, -0.25) is 9.29 Å². The number of aromatic nitrogens is 5. The van der Waals surface area contributed by atoms with Crippen molar-refractivity contribution in [2.75, 3.05) is 18.4 Å². The van der Waals surface area contributed by atoms with Crippen LogP contribution in [0.4, 0.5) is 5.95 Å². The van der Waals surface area contributed by atoms with Crippen LogP contribution < -0.4 is 4.72 Å². The van der Waals surface area contributed by atoms with E-state index in [2.05, 4.69) is 24.9 Å². The second-order valence-electron chi connectivity index (χ2n) is 6.51. The van der Waals surface area contributed by atoms with Gasteiger partial charge in [-0.1, -0.05) is 48.9 Å². The molecule has 2 unspecified atom stereocenters. The Labute approximate surface area is 177 Å². The zero-order valence-electron chi connectivity index (χ0n) is 16.4. The maximum absolute atomic E-state index is 13.0. The number of methoxy groups -OCH3 is 1. The molecule has 154 valence electrons. The summed E-state index contributed by atoms with van der Waals surface area (Å²) in [6.07, 6.45) is 3.08. The van der Waals surface area contributed by atoms with Gasteiger partial charge < -0.3 is 4.74 Å². The third kappa shape index (κ3) is 5.17. The van der Waals surface area contributed by atoms with Crippen LogP contribution in [0.15, 0.2) is 42.7 Å². The van der Waals surface area contributed by atoms with E-state index in [1.165, 1.54) is 12.4 Å². The first-order valence-corrected chi connectivity index (χ1v) is 10.7. The molecule has 29 heavy (non-hydrogen) atoms. The second-order valence-corrected chi connectivity index (χ2v) is 8.49. The molecule has 8 nitrogen and oxygen atoms in total. The zero-order chi connectivity index (χ0) is 20.8. The first-order valence-electron chi connectivity index (χ1n) is 9.13. The summed E-state index contributed by atoms with van der Waals surface area (Å²) >= 11 is 5.85. The number of rotatable bonds is 9. The third-order valence-electron chi connectivity index (χ3n) is 4.58. The zero-order valence-corrected chi connectivity index (χ0v) is 18.0. The molecule has 0 fully saturated rings. The minimum absolute atomic E-state index is 0.149. The number of nitrogens with one attached hydrogen (secondary N) is 1. The lowest BCUT2D eigenvalue weighted by Crippen LogP contribution is -2.26. The van der Waals surface area contributed by atoms with Crippen LogP contribution in [-0.2, 0) is 22.3 Å².